The summed E-state index contributed by atoms with van der Waals surface area (Å²) < 4.78 is 14.3. The first kappa shape index (κ1) is 61.2. The normalized spacial score (nSPS) is 11.9. The first-order chi connectivity index (χ1) is 53.5. The van der Waals surface area contributed by atoms with Crippen LogP contribution < -0.4 is 9.80 Å². The highest BCUT2D eigenvalue weighted by atomic mass is 16.3. The maximum atomic E-state index is 7.61. The lowest BCUT2D eigenvalue weighted by Gasteiger charge is -2.27. The molecular formula is C104H64N2O2. The number of anilines is 6. The molecule has 0 fully saturated rings. The Kier molecular flexibility index (Phi) is 14.0. The molecule has 2 aromatic heterocycles. The zero-order valence-electron chi connectivity index (χ0n) is 58.7. The Morgan fingerprint density at radius 3 is 1.40 bits per heavy atom. The first-order valence-electron chi connectivity index (χ1n) is 37.1. The van der Waals surface area contributed by atoms with Crippen molar-refractivity contribution in [3.05, 3.63) is 388 Å². The van der Waals surface area contributed by atoms with E-state index in [1.54, 1.807) is 0 Å². The Labute approximate surface area is 622 Å². The lowest BCUT2D eigenvalue weighted by Crippen LogP contribution is -2.10. The minimum atomic E-state index is 0.804. The number of nitrogens with zero attached hydrogens (tertiary/aromatic N) is 2. The summed E-state index contributed by atoms with van der Waals surface area (Å²) in [5.74, 6) is 0. The molecule has 22 aromatic rings. The number of hydrogen-bond acceptors (Lipinski definition) is 4. The number of benzene rings is 20. The van der Waals surface area contributed by atoms with Crippen LogP contribution in [0.15, 0.2) is 397 Å². The minimum absolute atomic E-state index is 0.804. The highest BCUT2D eigenvalue weighted by Crippen LogP contribution is 2.51. The van der Waals surface area contributed by atoms with E-state index in [2.05, 4.69) is 392 Å². The van der Waals surface area contributed by atoms with Gasteiger partial charge in [-0.2, -0.15) is 0 Å². The average Bonchev–Trinajstić information content (AvgIpc) is 1.52. The highest BCUT2D eigenvalue weighted by Gasteiger charge is 2.26. The van der Waals surface area contributed by atoms with Crippen LogP contribution in [0.2, 0.25) is 0 Å². The van der Waals surface area contributed by atoms with Crippen molar-refractivity contribution in [2.75, 3.05) is 9.80 Å². The average molecular weight is 1370 g/mol. The molecule has 0 N–H and O–H groups in total. The van der Waals surface area contributed by atoms with Gasteiger partial charge in [0.25, 0.3) is 0 Å². The summed E-state index contributed by atoms with van der Waals surface area (Å²) in [6, 6.07) is 142. The molecule has 0 aliphatic rings. The molecule has 4 heteroatoms. The Balaban J connectivity index is 0.698. The van der Waals surface area contributed by atoms with Crippen LogP contribution >= 0.6 is 0 Å². The van der Waals surface area contributed by atoms with Crippen LogP contribution in [0.1, 0.15) is 0 Å². The van der Waals surface area contributed by atoms with E-state index in [0.29, 0.717) is 0 Å². The van der Waals surface area contributed by atoms with Crippen molar-refractivity contribution >= 4 is 164 Å². The molecule has 0 saturated carbocycles. The predicted octanol–water partition coefficient (Wildman–Crippen LogP) is 30.0. The van der Waals surface area contributed by atoms with Crippen molar-refractivity contribution in [1.29, 1.82) is 0 Å². The molecule has 0 aliphatic carbocycles. The molecule has 108 heavy (non-hydrogen) atoms. The second-order valence-electron chi connectivity index (χ2n) is 28.6. The topological polar surface area (TPSA) is 32.8 Å². The van der Waals surface area contributed by atoms with Crippen LogP contribution in [-0.2, 0) is 0 Å². The van der Waals surface area contributed by atoms with Crippen LogP contribution in [0.5, 0.6) is 0 Å². The largest absolute Gasteiger partial charge is 0.455 e. The second-order valence-corrected chi connectivity index (χ2v) is 28.6. The molecule has 4 nitrogen and oxygen atoms in total. The zero-order chi connectivity index (χ0) is 70.9. The lowest BCUT2D eigenvalue weighted by atomic mass is 9.90. The molecule has 2 heterocycles. The van der Waals surface area contributed by atoms with Gasteiger partial charge in [0, 0.05) is 60.8 Å². The van der Waals surface area contributed by atoms with Crippen molar-refractivity contribution in [3.63, 3.8) is 0 Å². The molecule has 0 spiro atoms. The lowest BCUT2D eigenvalue weighted by molar-refractivity contribution is 0.672. The van der Waals surface area contributed by atoms with E-state index in [4.69, 9.17) is 8.83 Å². The fourth-order valence-electron chi connectivity index (χ4n) is 17.5. The second kappa shape index (κ2) is 24.7. The van der Waals surface area contributed by atoms with Gasteiger partial charge in [0.05, 0.1) is 5.69 Å². The maximum absolute atomic E-state index is 7.61. The standard InChI is InChI=1S/C104H64N2O2/c1-3-21-65(22-4-1)83-55-53-80(63-96(83)66-23-5-2-6-24-66)106(76-49-45-68(46-50-76)93-59-71-26-8-11-31-82(71)86-33-13-14-34-87(86)93)99-39-20-38-92-101-97(62-72-27-9-12-32-85(72)104(101)108-103(92)99)75-44-43-74-60-94(88-35-15-16-36-89(88)95(74)61-75)70-28-19-29-77(57-70)105(78-52-56-84-73(58-78)42-41-67-25-7-10-30-81(67)84)79-51-47-69-48-54-91-90-37-17-18-40-100(90)107-102(91)98(69)64-79/h1-64H. The fourth-order valence-corrected chi connectivity index (χ4v) is 17.5. The molecule has 0 aliphatic heterocycles. The molecular weight excluding hydrogens is 1310 g/mol. The quantitative estimate of drug-likeness (QED) is 0.121. The third-order valence-corrected chi connectivity index (χ3v) is 22.5. The summed E-state index contributed by atoms with van der Waals surface area (Å²) in [5, 5.41) is 23.2. The van der Waals surface area contributed by atoms with Crippen molar-refractivity contribution in [1.82, 2.24) is 0 Å². The highest BCUT2D eigenvalue weighted by molar-refractivity contribution is 6.25. The number of furan rings is 2. The van der Waals surface area contributed by atoms with Gasteiger partial charge in [-0.3, -0.25) is 0 Å². The summed E-state index contributed by atoms with van der Waals surface area (Å²) in [5.41, 5.74) is 21.0. The van der Waals surface area contributed by atoms with Gasteiger partial charge in [0.2, 0.25) is 0 Å². The number of para-hydroxylation sites is 2. The van der Waals surface area contributed by atoms with Gasteiger partial charge in [0.1, 0.15) is 16.7 Å². The molecule has 502 valence electrons. The SMILES string of the molecule is c1ccc(-c2ccc(N(c3ccc(-c4cc5ccccc5c5ccccc45)cc3)c3cccc4c3oc3c5ccccc5cc(-c5ccc6cc(-c7cccc(N(c8ccc9c(ccc%10ccccc%109)c8)c8ccc9ccc%10c%11ccccc%11oc%10c9c8)c7)c7ccccc7c6c5)c43)cc2-c2ccccc2)cc1. The van der Waals surface area contributed by atoms with Crippen molar-refractivity contribution in [2.45, 2.75) is 0 Å². The number of rotatable bonds is 11. The van der Waals surface area contributed by atoms with Gasteiger partial charge in [-0.1, -0.05) is 285 Å². The Hall–Kier alpha value is -14.3. The third kappa shape index (κ3) is 9.92. The van der Waals surface area contributed by atoms with Crippen LogP contribution in [0.3, 0.4) is 0 Å². The van der Waals surface area contributed by atoms with E-state index in [1.807, 2.05) is 6.07 Å². The Morgan fingerprint density at radius 1 is 0.167 bits per heavy atom. The van der Waals surface area contributed by atoms with Crippen molar-refractivity contribution in [2.24, 2.45) is 0 Å². The van der Waals surface area contributed by atoms with Crippen molar-refractivity contribution in [3.8, 4) is 55.6 Å². The fraction of sp³-hybridized carbons (Fsp3) is 0. The third-order valence-electron chi connectivity index (χ3n) is 22.5. The molecule has 20 aromatic carbocycles. The summed E-state index contributed by atoms with van der Waals surface area (Å²) in [6.45, 7) is 0. The monoisotopic (exact) mass is 1370 g/mol. The molecule has 0 radical (unpaired) electrons. The zero-order valence-corrected chi connectivity index (χ0v) is 58.7. The Morgan fingerprint density at radius 2 is 0.620 bits per heavy atom. The molecule has 0 saturated heterocycles. The number of hydrogen-bond donors (Lipinski definition) is 0. The van der Waals surface area contributed by atoms with Crippen LogP contribution in [0.25, 0.3) is 186 Å². The molecule has 22 rings (SSSR count). The van der Waals surface area contributed by atoms with Crippen LogP contribution in [0, 0.1) is 0 Å². The summed E-state index contributed by atoms with van der Waals surface area (Å²) in [4.78, 5) is 4.81. The molecule has 0 atom stereocenters. The molecule has 0 amide bonds. The van der Waals surface area contributed by atoms with E-state index >= 15 is 0 Å². The maximum Gasteiger partial charge on any atom is 0.159 e. The van der Waals surface area contributed by atoms with Gasteiger partial charge in [-0.25, -0.2) is 0 Å². The summed E-state index contributed by atoms with van der Waals surface area (Å²) in [6.07, 6.45) is 0. The smallest absolute Gasteiger partial charge is 0.159 e. The van der Waals surface area contributed by atoms with E-state index in [-0.39, 0.29) is 0 Å². The van der Waals surface area contributed by atoms with Gasteiger partial charge in [-0.15, -0.1) is 0 Å². The van der Waals surface area contributed by atoms with E-state index < -0.39 is 0 Å². The number of fused-ring (bicyclic) bond motifs is 19. The van der Waals surface area contributed by atoms with E-state index in [9.17, 15) is 0 Å². The summed E-state index contributed by atoms with van der Waals surface area (Å²) >= 11 is 0. The minimum Gasteiger partial charge on any atom is -0.455 e. The predicted molar refractivity (Wildman–Crippen MR) is 458 cm³/mol. The van der Waals surface area contributed by atoms with E-state index in [1.165, 1.54) is 64.8 Å². The van der Waals surface area contributed by atoms with Gasteiger partial charge >= 0.3 is 0 Å². The van der Waals surface area contributed by atoms with Gasteiger partial charge < -0.3 is 18.6 Å². The van der Waals surface area contributed by atoms with Gasteiger partial charge in [-0.05, 0) is 234 Å². The van der Waals surface area contributed by atoms with Crippen molar-refractivity contribution < 1.29 is 8.83 Å². The van der Waals surface area contributed by atoms with Crippen LogP contribution in [-0.4, -0.2) is 0 Å². The van der Waals surface area contributed by atoms with Crippen LogP contribution in [0.4, 0.5) is 34.1 Å². The summed E-state index contributed by atoms with van der Waals surface area (Å²) in [7, 11) is 0. The van der Waals surface area contributed by atoms with Gasteiger partial charge in [0.15, 0.2) is 5.58 Å². The molecule has 0 bridgehead atoms. The molecule has 0 unspecified atom stereocenters. The Bertz CT molecular complexity index is 7440. The van der Waals surface area contributed by atoms with E-state index in [0.717, 1.165) is 155 Å². The first-order valence-corrected chi connectivity index (χ1v) is 37.1.